The van der Waals surface area contributed by atoms with Crippen molar-refractivity contribution in [2.45, 2.75) is 6.61 Å². The molecule has 2 rings (SSSR count). The number of benzene rings is 2. The van der Waals surface area contributed by atoms with Crippen LogP contribution in [0.4, 0.5) is 16.2 Å². The predicted octanol–water partition coefficient (Wildman–Crippen LogP) is 3.01. The van der Waals surface area contributed by atoms with Crippen LogP contribution in [0.25, 0.3) is 0 Å². The van der Waals surface area contributed by atoms with Crippen LogP contribution in [0.1, 0.15) is 15.9 Å². The number of nitrogens with one attached hydrogen (secondary N) is 2. The van der Waals surface area contributed by atoms with Crippen molar-refractivity contribution in [2.75, 3.05) is 16.5 Å². The smallest absolute Gasteiger partial charge is 0.407 e. The van der Waals surface area contributed by atoms with Crippen LogP contribution in [0.2, 0.25) is 0 Å². The molecule has 0 bridgehead atoms. The molecule has 0 heterocycles. The molecule has 0 saturated heterocycles. The molecule has 2 N–H and O–H groups in total. The standard InChI is InChI=1S/C18H16IN3O7/c19-11-29-17(24)13-3-5-14(6-4-13)21-16(23)9-20-18(25)28-10-12-1-7-15(8-2-12)22(26)27/h1-8H,9-11H2,(H,20,25)(H,21,23). The number of halogens is 1. The van der Waals surface area contributed by atoms with E-state index in [1.165, 1.54) is 48.5 Å². The van der Waals surface area contributed by atoms with Gasteiger partial charge >= 0.3 is 12.1 Å². The Kier molecular flexibility index (Phi) is 8.33. The molecule has 29 heavy (non-hydrogen) atoms. The number of nitro groups is 1. The Hall–Kier alpha value is -3.22. The second kappa shape index (κ2) is 10.9. The van der Waals surface area contributed by atoms with Gasteiger partial charge in [-0.2, -0.15) is 0 Å². The first kappa shape index (κ1) is 22.1. The number of ether oxygens (including phenoxy) is 2. The number of rotatable bonds is 8. The molecule has 0 fully saturated rings. The maximum absolute atomic E-state index is 11.9. The van der Waals surface area contributed by atoms with E-state index >= 15 is 0 Å². The first-order valence-electron chi connectivity index (χ1n) is 8.16. The molecule has 152 valence electrons. The predicted molar refractivity (Wildman–Crippen MR) is 111 cm³/mol. The van der Waals surface area contributed by atoms with Gasteiger partial charge in [0, 0.05) is 17.8 Å². The molecule has 0 radical (unpaired) electrons. The minimum absolute atomic E-state index is 0.0650. The van der Waals surface area contributed by atoms with Gasteiger partial charge in [0.1, 0.15) is 17.8 Å². The number of esters is 1. The molecule has 10 nitrogen and oxygen atoms in total. The molecular formula is C18H16IN3O7. The maximum atomic E-state index is 11.9. The number of nitrogens with zero attached hydrogens (tertiary/aromatic N) is 1. The Morgan fingerprint density at radius 2 is 1.66 bits per heavy atom. The van der Waals surface area contributed by atoms with Gasteiger partial charge in [0.2, 0.25) is 5.91 Å². The third kappa shape index (κ3) is 7.37. The van der Waals surface area contributed by atoms with E-state index in [0.717, 1.165) is 0 Å². The van der Waals surface area contributed by atoms with E-state index in [9.17, 15) is 24.5 Å². The Morgan fingerprint density at radius 1 is 1.00 bits per heavy atom. The number of alkyl halides is 1. The first-order valence-corrected chi connectivity index (χ1v) is 9.68. The summed E-state index contributed by atoms with van der Waals surface area (Å²) in [6.07, 6.45) is -0.810. The molecule has 11 heteroatoms. The lowest BCUT2D eigenvalue weighted by atomic mass is 10.2. The van der Waals surface area contributed by atoms with Crippen molar-refractivity contribution in [3.05, 3.63) is 69.8 Å². The van der Waals surface area contributed by atoms with Gasteiger partial charge < -0.3 is 20.1 Å². The van der Waals surface area contributed by atoms with Crippen molar-refractivity contribution in [3.63, 3.8) is 0 Å². The molecule has 2 aromatic rings. The minimum Gasteiger partial charge on any atom is -0.451 e. The van der Waals surface area contributed by atoms with Crippen LogP contribution in [-0.4, -0.2) is 34.1 Å². The van der Waals surface area contributed by atoms with E-state index in [1.54, 1.807) is 0 Å². The largest absolute Gasteiger partial charge is 0.451 e. The van der Waals surface area contributed by atoms with Crippen LogP contribution < -0.4 is 10.6 Å². The summed E-state index contributed by atoms with van der Waals surface area (Å²) >= 11 is 1.91. The number of hydrogen-bond acceptors (Lipinski definition) is 7. The number of nitro benzene ring substituents is 1. The average Bonchev–Trinajstić information content (AvgIpc) is 2.71. The molecule has 2 amide bonds. The summed E-state index contributed by atoms with van der Waals surface area (Å²) in [5.74, 6) is -0.949. The van der Waals surface area contributed by atoms with Crippen molar-refractivity contribution in [2.24, 2.45) is 0 Å². The fraction of sp³-hybridized carbons (Fsp3) is 0.167. The summed E-state index contributed by atoms with van der Waals surface area (Å²) < 4.78 is 10.0. The number of non-ortho nitro benzene ring substituents is 1. The van der Waals surface area contributed by atoms with Crippen molar-refractivity contribution in [1.29, 1.82) is 0 Å². The zero-order valence-corrected chi connectivity index (χ0v) is 17.1. The molecule has 0 aliphatic heterocycles. The van der Waals surface area contributed by atoms with Gasteiger partial charge in [-0.3, -0.25) is 14.9 Å². The highest BCUT2D eigenvalue weighted by molar-refractivity contribution is 14.1. The van der Waals surface area contributed by atoms with Gasteiger partial charge in [0.25, 0.3) is 5.69 Å². The molecule has 0 aliphatic carbocycles. The summed E-state index contributed by atoms with van der Waals surface area (Å²) in [6, 6.07) is 11.6. The quantitative estimate of drug-likeness (QED) is 0.182. The summed E-state index contributed by atoms with van der Waals surface area (Å²) in [5, 5.41) is 15.4. The summed E-state index contributed by atoms with van der Waals surface area (Å²) in [7, 11) is 0. The Bertz CT molecular complexity index is 885. The highest BCUT2D eigenvalue weighted by Crippen LogP contribution is 2.13. The van der Waals surface area contributed by atoms with Crippen molar-refractivity contribution >= 4 is 51.9 Å². The fourth-order valence-electron chi connectivity index (χ4n) is 2.09. The van der Waals surface area contributed by atoms with Crippen LogP contribution in [0.3, 0.4) is 0 Å². The van der Waals surface area contributed by atoms with Gasteiger partial charge in [-0.15, -0.1) is 0 Å². The third-order valence-electron chi connectivity index (χ3n) is 3.50. The number of carbonyl (C=O) groups is 3. The van der Waals surface area contributed by atoms with E-state index in [1.807, 2.05) is 22.6 Å². The van der Waals surface area contributed by atoms with Gasteiger partial charge in [0.05, 0.1) is 10.5 Å². The van der Waals surface area contributed by atoms with E-state index in [2.05, 4.69) is 10.6 Å². The van der Waals surface area contributed by atoms with Gasteiger partial charge in [-0.1, -0.05) is 0 Å². The lowest BCUT2D eigenvalue weighted by molar-refractivity contribution is -0.384. The fourth-order valence-corrected chi connectivity index (χ4v) is 2.38. The highest BCUT2D eigenvalue weighted by Gasteiger charge is 2.10. The summed E-state index contributed by atoms with van der Waals surface area (Å²) in [5.41, 5.74) is 1.30. The molecule has 0 aliphatic rings. The molecule has 0 unspecified atom stereocenters. The van der Waals surface area contributed by atoms with Crippen molar-refractivity contribution in [3.8, 4) is 0 Å². The van der Waals surface area contributed by atoms with E-state index in [4.69, 9.17) is 9.47 Å². The van der Waals surface area contributed by atoms with Crippen LogP contribution in [0.15, 0.2) is 48.5 Å². The summed E-state index contributed by atoms with van der Waals surface area (Å²) in [6.45, 7) is -0.419. The van der Waals surface area contributed by atoms with Crippen LogP contribution in [0.5, 0.6) is 0 Å². The SMILES string of the molecule is O=C(CNC(=O)OCc1ccc([N+](=O)[O-])cc1)Nc1ccc(C(=O)OCI)cc1. The zero-order chi connectivity index (χ0) is 21.2. The van der Waals surface area contributed by atoms with E-state index in [-0.39, 0.29) is 23.5 Å². The molecule has 0 atom stereocenters. The Balaban J connectivity index is 1.73. The average molecular weight is 513 g/mol. The summed E-state index contributed by atoms with van der Waals surface area (Å²) in [4.78, 5) is 45.1. The number of hydrogen-bond donors (Lipinski definition) is 2. The molecular weight excluding hydrogens is 497 g/mol. The molecule has 0 saturated carbocycles. The van der Waals surface area contributed by atoms with Crippen molar-refractivity contribution < 1.29 is 28.8 Å². The lowest BCUT2D eigenvalue weighted by Crippen LogP contribution is -2.33. The van der Waals surface area contributed by atoms with Gasteiger partial charge in [0.15, 0.2) is 0 Å². The first-order chi connectivity index (χ1) is 13.9. The lowest BCUT2D eigenvalue weighted by Gasteiger charge is -2.08. The van der Waals surface area contributed by atoms with Crippen LogP contribution >= 0.6 is 22.6 Å². The number of anilines is 1. The van der Waals surface area contributed by atoms with Crippen molar-refractivity contribution in [1.82, 2.24) is 5.32 Å². The van der Waals surface area contributed by atoms with Crippen LogP contribution in [0, 0.1) is 10.1 Å². The third-order valence-corrected chi connectivity index (χ3v) is 3.81. The second-order valence-electron chi connectivity index (χ2n) is 5.52. The van der Waals surface area contributed by atoms with Gasteiger partial charge in [-0.05, 0) is 64.6 Å². The second-order valence-corrected chi connectivity index (χ2v) is 6.14. The Morgan fingerprint density at radius 3 is 2.24 bits per heavy atom. The zero-order valence-electron chi connectivity index (χ0n) is 14.9. The van der Waals surface area contributed by atoms with E-state index < -0.39 is 22.9 Å². The number of carbonyl (C=O) groups excluding carboxylic acids is 3. The molecule has 0 spiro atoms. The number of amides is 2. The van der Waals surface area contributed by atoms with Crippen LogP contribution in [-0.2, 0) is 20.9 Å². The van der Waals surface area contributed by atoms with Gasteiger partial charge in [-0.25, -0.2) is 9.59 Å². The minimum atomic E-state index is -0.810. The molecule has 2 aromatic carbocycles. The van der Waals surface area contributed by atoms with E-state index in [0.29, 0.717) is 16.8 Å². The number of alkyl carbamates (subject to hydrolysis) is 1. The molecule has 0 aromatic heterocycles. The normalized spacial score (nSPS) is 9.97. The monoisotopic (exact) mass is 513 g/mol. The Labute approximate surface area is 178 Å². The highest BCUT2D eigenvalue weighted by atomic mass is 127. The topological polar surface area (TPSA) is 137 Å². The maximum Gasteiger partial charge on any atom is 0.407 e.